The second-order valence-corrected chi connectivity index (χ2v) is 7.19. The predicted molar refractivity (Wildman–Crippen MR) is 102 cm³/mol. The molecular formula is C22H32FNO. The van der Waals surface area contributed by atoms with Crippen molar-refractivity contribution in [3.05, 3.63) is 47.4 Å². The van der Waals surface area contributed by atoms with E-state index in [1.165, 1.54) is 57.1 Å². The van der Waals surface area contributed by atoms with Gasteiger partial charge in [-0.3, -0.25) is 4.79 Å². The average molecular weight is 346 g/mol. The van der Waals surface area contributed by atoms with Gasteiger partial charge >= 0.3 is 0 Å². The summed E-state index contributed by atoms with van der Waals surface area (Å²) in [7, 11) is 0. The highest BCUT2D eigenvalue weighted by atomic mass is 19.1. The number of hydrogen-bond acceptors (Lipinski definition) is 2. The molecule has 1 aromatic rings. The topological polar surface area (TPSA) is 29.1 Å². The van der Waals surface area contributed by atoms with Gasteiger partial charge in [-0.2, -0.15) is 0 Å². The summed E-state index contributed by atoms with van der Waals surface area (Å²) in [6.07, 6.45) is 13.6. The Morgan fingerprint density at radius 2 is 1.60 bits per heavy atom. The van der Waals surface area contributed by atoms with E-state index in [9.17, 15) is 9.18 Å². The summed E-state index contributed by atoms with van der Waals surface area (Å²) in [5.74, 6) is 0.104. The van der Waals surface area contributed by atoms with Crippen LogP contribution in [0.1, 0.15) is 82.6 Å². The summed E-state index contributed by atoms with van der Waals surface area (Å²) in [6.45, 7) is 3.18. The van der Waals surface area contributed by atoms with Crippen molar-refractivity contribution in [3.8, 4) is 0 Å². The van der Waals surface area contributed by atoms with Gasteiger partial charge in [0.25, 0.3) is 0 Å². The molecule has 0 fully saturated rings. The first-order valence-corrected chi connectivity index (χ1v) is 9.91. The Hall–Kier alpha value is -1.64. The van der Waals surface area contributed by atoms with Crippen LogP contribution in [0.5, 0.6) is 0 Å². The van der Waals surface area contributed by atoms with Crippen molar-refractivity contribution in [2.75, 3.05) is 6.54 Å². The number of halogens is 1. The highest BCUT2D eigenvalue weighted by molar-refractivity contribution is 5.91. The lowest BCUT2D eigenvalue weighted by molar-refractivity contribution is -0.115. The quantitative estimate of drug-likeness (QED) is 0.507. The summed E-state index contributed by atoms with van der Waals surface area (Å²) in [6, 6.07) is 6.56. The van der Waals surface area contributed by atoms with Gasteiger partial charge in [-0.1, -0.05) is 64.0 Å². The maximum atomic E-state index is 13.1. The van der Waals surface area contributed by atoms with Crippen molar-refractivity contribution in [1.29, 1.82) is 0 Å². The Balaban J connectivity index is 1.66. The highest BCUT2D eigenvalue weighted by Gasteiger charge is 2.22. The molecule has 0 saturated carbocycles. The van der Waals surface area contributed by atoms with Gasteiger partial charge in [-0.15, -0.1) is 0 Å². The molecule has 0 radical (unpaired) electrons. The molecule has 1 aromatic carbocycles. The molecule has 2 rings (SSSR count). The summed E-state index contributed by atoms with van der Waals surface area (Å²) >= 11 is 0. The van der Waals surface area contributed by atoms with Gasteiger partial charge in [0.1, 0.15) is 5.82 Å². The number of rotatable bonds is 11. The molecule has 138 valence electrons. The number of hydrogen-bond donors (Lipinski definition) is 1. The SMILES string of the molecule is CCCCCCCCCCNC1=CC(=O)CC(c2ccc(F)cc2)C1. The van der Waals surface area contributed by atoms with E-state index in [1.807, 2.05) is 0 Å². The second-order valence-electron chi connectivity index (χ2n) is 7.19. The molecule has 0 heterocycles. The summed E-state index contributed by atoms with van der Waals surface area (Å²) in [4.78, 5) is 12.0. The molecule has 0 spiro atoms. The zero-order valence-electron chi connectivity index (χ0n) is 15.5. The molecule has 1 atom stereocenters. The van der Waals surface area contributed by atoms with Crippen molar-refractivity contribution in [3.63, 3.8) is 0 Å². The monoisotopic (exact) mass is 345 g/mol. The van der Waals surface area contributed by atoms with Crippen LogP contribution >= 0.6 is 0 Å². The maximum absolute atomic E-state index is 13.1. The molecule has 0 bridgehead atoms. The van der Waals surface area contributed by atoms with Crippen LogP contribution in [-0.2, 0) is 4.79 Å². The Bertz CT molecular complexity index is 550. The summed E-state index contributed by atoms with van der Waals surface area (Å²) < 4.78 is 13.1. The van der Waals surface area contributed by atoms with E-state index in [4.69, 9.17) is 0 Å². The first-order chi connectivity index (χ1) is 12.2. The van der Waals surface area contributed by atoms with E-state index in [-0.39, 0.29) is 17.5 Å². The van der Waals surface area contributed by atoms with Crippen molar-refractivity contribution >= 4 is 5.78 Å². The largest absolute Gasteiger partial charge is 0.388 e. The number of nitrogens with one attached hydrogen (secondary N) is 1. The zero-order chi connectivity index (χ0) is 17.9. The van der Waals surface area contributed by atoms with E-state index in [0.29, 0.717) is 6.42 Å². The molecule has 0 amide bonds. The second kappa shape index (κ2) is 11.1. The van der Waals surface area contributed by atoms with Crippen LogP contribution in [0.2, 0.25) is 0 Å². The smallest absolute Gasteiger partial charge is 0.158 e. The van der Waals surface area contributed by atoms with E-state index < -0.39 is 0 Å². The van der Waals surface area contributed by atoms with Crippen LogP contribution < -0.4 is 5.32 Å². The third-order valence-corrected chi connectivity index (χ3v) is 4.97. The van der Waals surface area contributed by atoms with Gasteiger partial charge in [0, 0.05) is 24.7 Å². The Kier molecular flexibility index (Phi) is 8.71. The number of ketones is 1. The fraction of sp³-hybridized carbons (Fsp3) is 0.591. The fourth-order valence-corrected chi connectivity index (χ4v) is 3.49. The third kappa shape index (κ3) is 7.41. The maximum Gasteiger partial charge on any atom is 0.158 e. The molecule has 0 aromatic heterocycles. The molecular weight excluding hydrogens is 313 g/mol. The minimum atomic E-state index is -0.227. The van der Waals surface area contributed by atoms with Crippen LogP contribution in [0, 0.1) is 5.82 Å². The fourth-order valence-electron chi connectivity index (χ4n) is 3.49. The number of unbranched alkanes of at least 4 members (excludes halogenated alkanes) is 7. The zero-order valence-corrected chi connectivity index (χ0v) is 15.5. The predicted octanol–water partition coefficient (Wildman–Crippen LogP) is 5.89. The molecule has 1 N–H and O–H groups in total. The average Bonchev–Trinajstić information content (AvgIpc) is 2.60. The molecule has 1 unspecified atom stereocenters. The number of benzene rings is 1. The lowest BCUT2D eigenvalue weighted by Gasteiger charge is -2.23. The normalized spacial score (nSPS) is 17.4. The number of carbonyl (C=O) groups excluding carboxylic acids is 1. The molecule has 0 aliphatic heterocycles. The van der Waals surface area contributed by atoms with Gasteiger partial charge in [0.15, 0.2) is 5.78 Å². The number of allylic oxidation sites excluding steroid dienone is 2. The lowest BCUT2D eigenvalue weighted by atomic mass is 9.85. The first-order valence-electron chi connectivity index (χ1n) is 9.91. The molecule has 1 aliphatic carbocycles. The van der Waals surface area contributed by atoms with Gasteiger partial charge in [0.05, 0.1) is 0 Å². The van der Waals surface area contributed by atoms with E-state index in [2.05, 4.69) is 12.2 Å². The standard InChI is InChI=1S/C22H32FNO/c1-2-3-4-5-6-7-8-9-14-24-21-15-19(16-22(25)17-21)18-10-12-20(23)13-11-18/h10-13,17,19,24H,2-9,14-16H2,1H3. The minimum absolute atomic E-state index is 0.166. The van der Waals surface area contributed by atoms with Crippen molar-refractivity contribution in [2.24, 2.45) is 0 Å². The van der Waals surface area contributed by atoms with Crippen LogP contribution in [-0.4, -0.2) is 12.3 Å². The molecule has 2 nitrogen and oxygen atoms in total. The van der Waals surface area contributed by atoms with Crippen molar-refractivity contribution < 1.29 is 9.18 Å². The molecule has 1 aliphatic rings. The highest BCUT2D eigenvalue weighted by Crippen LogP contribution is 2.30. The Morgan fingerprint density at radius 1 is 0.960 bits per heavy atom. The lowest BCUT2D eigenvalue weighted by Crippen LogP contribution is -2.23. The molecule has 25 heavy (non-hydrogen) atoms. The van der Waals surface area contributed by atoms with Crippen LogP contribution in [0.25, 0.3) is 0 Å². The van der Waals surface area contributed by atoms with E-state index in [1.54, 1.807) is 18.2 Å². The Morgan fingerprint density at radius 3 is 2.28 bits per heavy atom. The molecule has 0 saturated heterocycles. The van der Waals surface area contributed by atoms with Gasteiger partial charge in [0.2, 0.25) is 0 Å². The van der Waals surface area contributed by atoms with E-state index in [0.717, 1.165) is 30.6 Å². The van der Waals surface area contributed by atoms with Crippen molar-refractivity contribution in [2.45, 2.75) is 77.0 Å². The summed E-state index contributed by atoms with van der Waals surface area (Å²) in [5, 5.41) is 3.44. The van der Waals surface area contributed by atoms with Gasteiger partial charge < -0.3 is 5.32 Å². The Labute approximate surface area is 151 Å². The van der Waals surface area contributed by atoms with Gasteiger partial charge in [-0.05, 0) is 36.5 Å². The summed E-state index contributed by atoms with van der Waals surface area (Å²) in [5.41, 5.74) is 2.09. The minimum Gasteiger partial charge on any atom is -0.388 e. The molecule has 3 heteroatoms. The van der Waals surface area contributed by atoms with Crippen molar-refractivity contribution in [1.82, 2.24) is 5.32 Å². The third-order valence-electron chi connectivity index (χ3n) is 4.97. The first kappa shape index (κ1) is 19.7. The van der Waals surface area contributed by atoms with Crippen LogP contribution in [0.15, 0.2) is 36.0 Å². The van der Waals surface area contributed by atoms with Crippen LogP contribution in [0.4, 0.5) is 4.39 Å². The van der Waals surface area contributed by atoms with Gasteiger partial charge in [-0.25, -0.2) is 4.39 Å². The van der Waals surface area contributed by atoms with Crippen LogP contribution in [0.3, 0.4) is 0 Å². The number of carbonyl (C=O) groups is 1. The van der Waals surface area contributed by atoms with E-state index >= 15 is 0 Å².